The summed E-state index contributed by atoms with van der Waals surface area (Å²) in [4.78, 5) is 21.5. The van der Waals surface area contributed by atoms with Gasteiger partial charge in [0, 0.05) is 13.2 Å². The third kappa shape index (κ3) is 3.59. The van der Waals surface area contributed by atoms with Gasteiger partial charge in [-0.15, -0.1) is 0 Å². The Labute approximate surface area is 184 Å². The molecule has 1 atom stereocenters. The molecule has 2 amide bonds. The quantitative estimate of drug-likeness (QED) is 0.442. The monoisotopic (exact) mass is 492 g/mol. The van der Waals surface area contributed by atoms with E-state index in [4.69, 9.17) is 16.3 Å². The predicted octanol–water partition coefficient (Wildman–Crippen LogP) is 4.16. The number of anilines is 2. The van der Waals surface area contributed by atoms with Gasteiger partial charge >= 0.3 is 6.03 Å². The summed E-state index contributed by atoms with van der Waals surface area (Å²) in [6.07, 6.45) is 2.89. The number of nitrogens with zero attached hydrogens (tertiary/aromatic N) is 6. The number of methoxy groups -OCH3 is 1. The number of aromatic nitrogens is 6. The first kappa shape index (κ1) is 20.5. The van der Waals surface area contributed by atoms with Crippen LogP contribution in [-0.4, -0.2) is 42.3 Å². The first-order valence-corrected chi connectivity index (χ1v) is 10.1. The molecule has 30 heavy (non-hydrogen) atoms. The van der Waals surface area contributed by atoms with Crippen LogP contribution in [0.2, 0.25) is 5.15 Å². The Hall–Kier alpha value is -2.76. The summed E-state index contributed by atoms with van der Waals surface area (Å²) >= 11 is 9.55. The van der Waals surface area contributed by atoms with E-state index in [0.29, 0.717) is 39.3 Å². The molecular weight excluding hydrogens is 476 g/mol. The van der Waals surface area contributed by atoms with Gasteiger partial charge < -0.3 is 15.4 Å². The lowest BCUT2D eigenvalue weighted by Gasteiger charge is -2.17. The van der Waals surface area contributed by atoms with Crippen molar-refractivity contribution in [3.63, 3.8) is 0 Å². The molecule has 4 aromatic rings. The van der Waals surface area contributed by atoms with Crippen LogP contribution in [-0.2, 0) is 4.74 Å². The van der Waals surface area contributed by atoms with Crippen molar-refractivity contribution in [2.45, 2.75) is 26.9 Å². The Balaban J connectivity index is 1.67. The Kier molecular flexibility index (Phi) is 5.35. The minimum atomic E-state index is -0.454. The van der Waals surface area contributed by atoms with Crippen LogP contribution in [0.4, 0.5) is 16.2 Å². The Morgan fingerprint density at radius 1 is 1.27 bits per heavy atom. The summed E-state index contributed by atoms with van der Waals surface area (Å²) in [5, 5.41) is 14.5. The zero-order valence-electron chi connectivity index (χ0n) is 16.6. The Morgan fingerprint density at radius 3 is 2.73 bits per heavy atom. The first-order chi connectivity index (χ1) is 14.3. The molecule has 0 fully saturated rings. The lowest BCUT2D eigenvalue weighted by molar-refractivity contribution is 0.114. The van der Waals surface area contributed by atoms with E-state index in [2.05, 4.69) is 46.7 Å². The summed E-state index contributed by atoms with van der Waals surface area (Å²) in [6, 6.07) is 1.18. The van der Waals surface area contributed by atoms with E-state index in [1.807, 2.05) is 13.8 Å². The zero-order chi connectivity index (χ0) is 21.6. The van der Waals surface area contributed by atoms with E-state index in [-0.39, 0.29) is 6.10 Å². The predicted molar refractivity (Wildman–Crippen MR) is 116 cm³/mol. The SMILES string of the molecule is CO[C@@H](C)c1c(NC(=O)Nc2cn3nc(C)nc3c(Br)c2C)cnc2cc(Cl)nn12. The van der Waals surface area contributed by atoms with Crippen LogP contribution in [0.25, 0.3) is 11.3 Å². The van der Waals surface area contributed by atoms with Gasteiger partial charge in [-0.05, 0) is 42.3 Å². The number of rotatable bonds is 4. The highest BCUT2D eigenvalue weighted by Gasteiger charge is 2.20. The fourth-order valence-corrected chi connectivity index (χ4v) is 3.76. The molecule has 4 heterocycles. The first-order valence-electron chi connectivity index (χ1n) is 8.95. The summed E-state index contributed by atoms with van der Waals surface area (Å²) in [5.41, 5.74) is 3.69. The van der Waals surface area contributed by atoms with Gasteiger partial charge in [0.25, 0.3) is 0 Å². The van der Waals surface area contributed by atoms with Crippen LogP contribution in [0, 0.1) is 13.8 Å². The maximum Gasteiger partial charge on any atom is 0.323 e. The number of carbonyl (C=O) groups excluding carboxylic acids is 1. The normalized spacial score (nSPS) is 12.5. The number of urea groups is 1. The van der Waals surface area contributed by atoms with Crippen molar-refractivity contribution in [3.05, 3.63) is 45.2 Å². The molecule has 0 unspecified atom stereocenters. The molecule has 2 N–H and O–H groups in total. The average molecular weight is 494 g/mol. The number of amides is 2. The molecule has 0 bridgehead atoms. The molecule has 12 heteroatoms. The second kappa shape index (κ2) is 7.82. The number of carbonyl (C=O) groups is 1. The largest absolute Gasteiger partial charge is 0.375 e. The van der Waals surface area contributed by atoms with Gasteiger partial charge in [-0.25, -0.2) is 23.8 Å². The molecule has 4 rings (SSSR count). The van der Waals surface area contributed by atoms with Crippen LogP contribution >= 0.6 is 27.5 Å². The van der Waals surface area contributed by atoms with Crippen molar-refractivity contribution in [2.24, 2.45) is 0 Å². The van der Waals surface area contributed by atoms with Gasteiger partial charge in [-0.3, -0.25) is 0 Å². The number of aryl methyl sites for hydroxylation is 1. The van der Waals surface area contributed by atoms with E-state index >= 15 is 0 Å². The standard InChI is InChI=1S/C18H18BrClN8O2/c1-8-12(7-27-17(15(8)19)22-10(3)25-27)24-18(29)23-11-6-21-14-5-13(20)26-28(14)16(11)9(2)30-4/h5-7,9H,1-4H3,(H2,23,24,29)/t9-/m0/s1. The number of halogens is 2. The number of pyridine rings is 1. The van der Waals surface area contributed by atoms with Gasteiger partial charge in [0.05, 0.1) is 40.0 Å². The highest BCUT2D eigenvalue weighted by Crippen LogP contribution is 2.29. The van der Waals surface area contributed by atoms with Crippen molar-refractivity contribution in [1.29, 1.82) is 0 Å². The van der Waals surface area contributed by atoms with Gasteiger partial charge in [0.2, 0.25) is 0 Å². The molecule has 0 saturated carbocycles. The molecule has 4 aromatic heterocycles. The fraction of sp³-hybridized carbons (Fsp3) is 0.278. The lowest BCUT2D eigenvalue weighted by atomic mass is 10.2. The van der Waals surface area contributed by atoms with Crippen LogP contribution in [0.15, 0.2) is 22.9 Å². The summed E-state index contributed by atoms with van der Waals surface area (Å²) in [5.74, 6) is 0.632. The lowest BCUT2D eigenvalue weighted by Crippen LogP contribution is -2.23. The molecule has 0 saturated heterocycles. The van der Waals surface area contributed by atoms with Crippen LogP contribution in [0.1, 0.15) is 30.1 Å². The Morgan fingerprint density at radius 2 is 2.00 bits per heavy atom. The average Bonchev–Trinajstić information content (AvgIpc) is 3.26. The van der Waals surface area contributed by atoms with Crippen molar-refractivity contribution in [2.75, 3.05) is 17.7 Å². The number of hydrogen-bond acceptors (Lipinski definition) is 6. The highest BCUT2D eigenvalue weighted by atomic mass is 79.9. The molecule has 156 valence electrons. The summed E-state index contributed by atoms with van der Waals surface area (Å²) in [7, 11) is 1.57. The molecule has 10 nitrogen and oxygen atoms in total. The van der Waals surface area contributed by atoms with Gasteiger partial charge in [-0.2, -0.15) is 10.2 Å². The van der Waals surface area contributed by atoms with E-state index in [0.717, 1.165) is 10.0 Å². The van der Waals surface area contributed by atoms with Crippen LogP contribution in [0.3, 0.4) is 0 Å². The maximum atomic E-state index is 12.8. The molecule has 0 aliphatic rings. The van der Waals surface area contributed by atoms with Gasteiger partial charge in [0.15, 0.2) is 16.4 Å². The number of hydrogen-bond donors (Lipinski definition) is 2. The summed E-state index contributed by atoms with van der Waals surface area (Å²) < 4.78 is 9.37. The highest BCUT2D eigenvalue weighted by molar-refractivity contribution is 9.10. The number of nitrogens with one attached hydrogen (secondary N) is 2. The third-order valence-corrected chi connectivity index (χ3v) is 5.78. The van der Waals surface area contributed by atoms with E-state index in [1.54, 1.807) is 41.5 Å². The molecule has 0 aliphatic heterocycles. The minimum absolute atomic E-state index is 0.297. The fourth-order valence-electron chi connectivity index (χ4n) is 3.10. The molecule has 0 aliphatic carbocycles. The molecule has 0 radical (unpaired) electrons. The van der Waals surface area contributed by atoms with Gasteiger partial charge in [-0.1, -0.05) is 11.6 Å². The number of fused-ring (bicyclic) bond motifs is 2. The van der Waals surface area contributed by atoms with E-state index < -0.39 is 6.03 Å². The molecule has 0 spiro atoms. The van der Waals surface area contributed by atoms with Crippen molar-refractivity contribution >= 4 is 56.2 Å². The van der Waals surface area contributed by atoms with Crippen molar-refractivity contribution in [3.8, 4) is 0 Å². The minimum Gasteiger partial charge on any atom is -0.375 e. The zero-order valence-corrected chi connectivity index (χ0v) is 18.9. The maximum absolute atomic E-state index is 12.8. The van der Waals surface area contributed by atoms with E-state index in [9.17, 15) is 4.79 Å². The van der Waals surface area contributed by atoms with Gasteiger partial charge in [0.1, 0.15) is 5.82 Å². The van der Waals surface area contributed by atoms with E-state index in [1.165, 1.54) is 0 Å². The second-order valence-electron chi connectivity index (χ2n) is 6.66. The van der Waals surface area contributed by atoms with Crippen molar-refractivity contribution < 1.29 is 9.53 Å². The smallest absolute Gasteiger partial charge is 0.323 e. The molecule has 0 aromatic carbocycles. The third-order valence-electron chi connectivity index (χ3n) is 4.64. The van der Waals surface area contributed by atoms with Crippen LogP contribution < -0.4 is 10.6 Å². The Bertz CT molecular complexity index is 1280. The second-order valence-corrected chi connectivity index (χ2v) is 7.84. The number of ether oxygens (including phenoxy) is 1. The van der Waals surface area contributed by atoms with Crippen molar-refractivity contribution in [1.82, 2.24) is 29.2 Å². The molecular formula is C18H18BrClN8O2. The van der Waals surface area contributed by atoms with Crippen LogP contribution in [0.5, 0.6) is 0 Å². The topological polar surface area (TPSA) is 111 Å². The summed E-state index contributed by atoms with van der Waals surface area (Å²) in [6.45, 7) is 5.52.